The summed E-state index contributed by atoms with van der Waals surface area (Å²) in [6.07, 6.45) is 1.20. The molecule has 0 radical (unpaired) electrons. The predicted molar refractivity (Wildman–Crippen MR) is 98.5 cm³/mol. The van der Waals surface area contributed by atoms with Crippen molar-refractivity contribution >= 4 is 28.6 Å². The number of hydrogen-bond acceptors (Lipinski definition) is 2. The monoisotopic (exact) mass is 359 g/mol. The summed E-state index contributed by atoms with van der Waals surface area (Å²) in [6.45, 7) is 5.44. The summed E-state index contributed by atoms with van der Waals surface area (Å²) in [5, 5.41) is 0.828. The summed E-state index contributed by atoms with van der Waals surface area (Å²) >= 11 is 6.09. The van der Waals surface area contributed by atoms with Crippen molar-refractivity contribution in [2.24, 2.45) is 0 Å². The number of rotatable bonds is 2. The molecular formula is C20H19ClFNO2. The molecule has 0 unspecified atom stereocenters. The van der Waals surface area contributed by atoms with E-state index in [0.29, 0.717) is 11.1 Å². The second-order valence-electron chi connectivity index (χ2n) is 6.85. The van der Waals surface area contributed by atoms with E-state index in [9.17, 15) is 9.18 Å². The first kappa shape index (κ1) is 17.5. The molecular weight excluding hydrogens is 341 g/mol. The topological polar surface area (TPSA) is 31.2 Å². The van der Waals surface area contributed by atoms with Crippen LogP contribution < -0.4 is 0 Å². The second kappa shape index (κ2) is 6.52. The molecule has 0 saturated carbocycles. The van der Waals surface area contributed by atoms with E-state index in [1.165, 1.54) is 16.7 Å². The molecule has 0 atom stereocenters. The minimum atomic E-state index is -0.614. The molecule has 0 amide bonds. The molecule has 2 aromatic carbocycles. The van der Waals surface area contributed by atoms with Crippen molar-refractivity contribution in [1.82, 2.24) is 4.57 Å². The lowest BCUT2D eigenvalue weighted by Gasteiger charge is -2.19. The molecule has 25 heavy (non-hydrogen) atoms. The van der Waals surface area contributed by atoms with Gasteiger partial charge in [0.15, 0.2) is 0 Å². The van der Waals surface area contributed by atoms with Crippen LogP contribution in [0.4, 0.5) is 9.18 Å². The van der Waals surface area contributed by atoms with Gasteiger partial charge in [-0.3, -0.25) is 4.57 Å². The molecule has 3 aromatic rings. The Bertz CT molecular complexity index is 941. The summed E-state index contributed by atoms with van der Waals surface area (Å²) in [6, 6.07) is 11.9. The molecule has 0 spiro atoms. The number of aromatic nitrogens is 1. The van der Waals surface area contributed by atoms with Crippen LogP contribution in [0.15, 0.2) is 48.7 Å². The summed E-state index contributed by atoms with van der Waals surface area (Å²) in [5.74, 6) is -0.0446. The van der Waals surface area contributed by atoms with Gasteiger partial charge in [0.2, 0.25) is 0 Å². The van der Waals surface area contributed by atoms with E-state index in [4.69, 9.17) is 16.3 Å². The standard InChI is InChI=1S/C20H19ClFNO2/c1-20(2,3)25-19(24)23-12-16(13-6-4-8-15(22)10-13)18-14(11-21)7-5-9-17(18)23/h4-10,12H,11H2,1-3H3. The zero-order valence-corrected chi connectivity index (χ0v) is 15.1. The molecule has 3 rings (SSSR count). The first-order chi connectivity index (χ1) is 11.8. The van der Waals surface area contributed by atoms with Gasteiger partial charge in [-0.25, -0.2) is 9.18 Å². The summed E-state index contributed by atoms with van der Waals surface area (Å²) in [5.41, 5.74) is 2.38. The van der Waals surface area contributed by atoms with Crippen LogP contribution >= 0.6 is 11.6 Å². The first-order valence-corrected chi connectivity index (χ1v) is 8.52. The molecule has 5 heteroatoms. The number of carbonyl (C=O) groups excluding carboxylic acids is 1. The fraction of sp³-hybridized carbons (Fsp3) is 0.250. The van der Waals surface area contributed by atoms with Crippen LogP contribution in [0.5, 0.6) is 0 Å². The van der Waals surface area contributed by atoms with Crippen molar-refractivity contribution < 1.29 is 13.9 Å². The Kier molecular flexibility index (Phi) is 4.56. The maximum Gasteiger partial charge on any atom is 0.419 e. The molecule has 0 aliphatic rings. The smallest absolute Gasteiger partial charge is 0.419 e. The lowest BCUT2D eigenvalue weighted by atomic mass is 10.0. The van der Waals surface area contributed by atoms with Crippen LogP contribution in [0.2, 0.25) is 0 Å². The Morgan fingerprint density at radius 1 is 1.20 bits per heavy atom. The van der Waals surface area contributed by atoms with Crippen molar-refractivity contribution in [1.29, 1.82) is 0 Å². The fourth-order valence-electron chi connectivity index (χ4n) is 2.81. The number of ether oxygens (including phenoxy) is 1. The van der Waals surface area contributed by atoms with Crippen molar-refractivity contribution in [3.05, 3.63) is 60.0 Å². The zero-order valence-electron chi connectivity index (χ0n) is 14.3. The van der Waals surface area contributed by atoms with E-state index in [2.05, 4.69) is 0 Å². The lowest BCUT2D eigenvalue weighted by Crippen LogP contribution is -2.26. The van der Waals surface area contributed by atoms with Crippen molar-refractivity contribution in [2.45, 2.75) is 32.3 Å². The van der Waals surface area contributed by atoms with Gasteiger partial charge in [0, 0.05) is 23.0 Å². The van der Waals surface area contributed by atoms with Gasteiger partial charge in [0.25, 0.3) is 0 Å². The largest absolute Gasteiger partial charge is 0.443 e. The minimum absolute atomic E-state index is 0.290. The van der Waals surface area contributed by atoms with Gasteiger partial charge in [-0.15, -0.1) is 11.6 Å². The highest BCUT2D eigenvalue weighted by Crippen LogP contribution is 2.34. The quantitative estimate of drug-likeness (QED) is 0.528. The number of hydrogen-bond donors (Lipinski definition) is 0. The van der Waals surface area contributed by atoms with Crippen molar-refractivity contribution in [3.8, 4) is 11.1 Å². The SMILES string of the molecule is CC(C)(C)OC(=O)n1cc(-c2cccc(F)c2)c2c(CCl)cccc21. The van der Waals surface area contributed by atoms with Crippen LogP contribution in [0.1, 0.15) is 26.3 Å². The molecule has 1 heterocycles. The molecule has 130 valence electrons. The van der Waals surface area contributed by atoms with Crippen LogP contribution in [0, 0.1) is 5.82 Å². The van der Waals surface area contributed by atoms with Gasteiger partial charge in [-0.05, 0) is 50.1 Å². The maximum absolute atomic E-state index is 13.7. The lowest BCUT2D eigenvalue weighted by molar-refractivity contribution is 0.0544. The zero-order chi connectivity index (χ0) is 18.2. The highest BCUT2D eigenvalue weighted by Gasteiger charge is 2.22. The number of alkyl halides is 1. The number of fused-ring (bicyclic) bond motifs is 1. The second-order valence-corrected chi connectivity index (χ2v) is 7.12. The van der Waals surface area contributed by atoms with Gasteiger partial charge in [-0.2, -0.15) is 0 Å². The van der Waals surface area contributed by atoms with Crippen LogP contribution in [0.3, 0.4) is 0 Å². The molecule has 0 N–H and O–H groups in total. The number of carbonyl (C=O) groups is 1. The molecule has 3 nitrogen and oxygen atoms in total. The van der Waals surface area contributed by atoms with Gasteiger partial charge < -0.3 is 4.74 Å². The maximum atomic E-state index is 13.7. The fourth-order valence-corrected chi connectivity index (χ4v) is 3.03. The third kappa shape index (κ3) is 3.54. The van der Waals surface area contributed by atoms with Crippen LogP contribution in [0.25, 0.3) is 22.0 Å². The van der Waals surface area contributed by atoms with Gasteiger partial charge in [0.05, 0.1) is 5.52 Å². The highest BCUT2D eigenvalue weighted by atomic mass is 35.5. The number of halogens is 2. The third-order valence-corrected chi connectivity index (χ3v) is 4.07. The van der Waals surface area contributed by atoms with E-state index in [1.807, 2.05) is 45.0 Å². The summed E-state index contributed by atoms with van der Waals surface area (Å²) < 4.78 is 20.6. The molecule has 1 aromatic heterocycles. The van der Waals surface area contributed by atoms with Gasteiger partial charge in [-0.1, -0.05) is 24.3 Å². The summed E-state index contributed by atoms with van der Waals surface area (Å²) in [7, 11) is 0. The van der Waals surface area contributed by atoms with Crippen molar-refractivity contribution in [3.63, 3.8) is 0 Å². The predicted octanol–water partition coefficient (Wildman–Crippen LogP) is 5.97. The molecule has 0 bridgehead atoms. The van der Waals surface area contributed by atoms with E-state index in [1.54, 1.807) is 12.3 Å². The van der Waals surface area contributed by atoms with E-state index < -0.39 is 11.7 Å². The van der Waals surface area contributed by atoms with E-state index in [0.717, 1.165) is 16.5 Å². The Morgan fingerprint density at radius 2 is 1.92 bits per heavy atom. The van der Waals surface area contributed by atoms with Crippen LogP contribution in [-0.4, -0.2) is 16.3 Å². The Morgan fingerprint density at radius 3 is 2.56 bits per heavy atom. The highest BCUT2D eigenvalue weighted by molar-refractivity contribution is 6.18. The molecule has 0 aliphatic heterocycles. The Labute approximate surface area is 151 Å². The Hall–Kier alpha value is -2.33. The normalized spacial score (nSPS) is 11.7. The van der Waals surface area contributed by atoms with E-state index >= 15 is 0 Å². The van der Waals surface area contributed by atoms with Gasteiger partial charge in [0.1, 0.15) is 11.4 Å². The van der Waals surface area contributed by atoms with E-state index in [-0.39, 0.29) is 11.7 Å². The molecule has 0 fully saturated rings. The Balaban J connectivity index is 2.25. The minimum Gasteiger partial charge on any atom is -0.443 e. The van der Waals surface area contributed by atoms with Gasteiger partial charge >= 0.3 is 6.09 Å². The third-order valence-electron chi connectivity index (χ3n) is 3.79. The van der Waals surface area contributed by atoms with Crippen LogP contribution in [-0.2, 0) is 10.6 Å². The first-order valence-electron chi connectivity index (χ1n) is 7.98. The average molecular weight is 360 g/mol. The number of benzene rings is 2. The molecule has 0 aliphatic carbocycles. The molecule has 0 saturated heterocycles. The summed E-state index contributed by atoms with van der Waals surface area (Å²) in [4.78, 5) is 12.6. The van der Waals surface area contributed by atoms with Crippen molar-refractivity contribution in [2.75, 3.05) is 0 Å². The average Bonchev–Trinajstić information content (AvgIpc) is 2.93. The number of nitrogens with zero attached hydrogens (tertiary/aromatic N) is 1.